The van der Waals surface area contributed by atoms with Crippen molar-refractivity contribution in [2.75, 3.05) is 19.0 Å². The largest absolute Gasteiger partial charge is 0.497 e. The maximum atomic E-state index is 13.9. The van der Waals surface area contributed by atoms with Crippen LogP contribution in [0.5, 0.6) is 5.75 Å². The Labute approximate surface area is 111 Å². The third-order valence-electron chi connectivity index (χ3n) is 2.77. The summed E-state index contributed by atoms with van der Waals surface area (Å²) in [6.07, 6.45) is 1.18. The van der Waals surface area contributed by atoms with E-state index >= 15 is 0 Å². The highest BCUT2D eigenvalue weighted by Gasteiger charge is 2.12. The van der Waals surface area contributed by atoms with E-state index in [2.05, 4.69) is 15.3 Å². The molecule has 19 heavy (non-hydrogen) atoms. The van der Waals surface area contributed by atoms with Crippen molar-refractivity contribution in [3.8, 4) is 17.0 Å². The van der Waals surface area contributed by atoms with Crippen LogP contribution in [-0.4, -0.2) is 23.6 Å². The first-order valence-electron chi connectivity index (χ1n) is 6.07. The molecule has 0 spiro atoms. The molecule has 0 aliphatic heterocycles. The summed E-state index contributed by atoms with van der Waals surface area (Å²) in [5.74, 6) is 0.728. The second kappa shape index (κ2) is 5.65. The van der Waals surface area contributed by atoms with Crippen LogP contribution in [0.15, 0.2) is 24.4 Å². The number of nitrogens with zero attached hydrogens (tertiary/aromatic N) is 2. The fourth-order valence-electron chi connectivity index (χ4n) is 1.83. The summed E-state index contributed by atoms with van der Waals surface area (Å²) in [4.78, 5) is 8.11. The van der Waals surface area contributed by atoms with Gasteiger partial charge in [-0.15, -0.1) is 0 Å². The molecule has 1 heterocycles. The molecule has 2 rings (SSSR count). The number of benzene rings is 1. The number of methoxy groups -OCH3 is 1. The van der Waals surface area contributed by atoms with E-state index in [9.17, 15) is 4.39 Å². The number of halogens is 1. The summed E-state index contributed by atoms with van der Waals surface area (Å²) in [5, 5.41) is 2.97. The van der Waals surface area contributed by atoms with Gasteiger partial charge in [-0.1, -0.05) is 0 Å². The smallest absolute Gasteiger partial charge is 0.223 e. The fourth-order valence-corrected chi connectivity index (χ4v) is 1.83. The summed E-state index contributed by atoms with van der Waals surface area (Å²) in [6.45, 7) is 4.52. The van der Waals surface area contributed by atoms with Gasteiger partial charge in [0.15, 0.2) is 5.82 Å². The summed E-state index contributed by atoms with van der Waals surface area (Å²) >= 11 is 0. The third kappa shape index (κ3) is 2.81. The van der Waals surface area contributed by atoms with Crippen molar-refractivity contribution in [2.24, 2.45) is 0 Å². The zero-order chi connectivity index (χ0) is 13.8. The molecule has 1 aromatic carbocycles. The van der Waals surface area contributed by atoms with Crippen LogP contribution in [0.1, 0.15) is 12.5 Å². The van der Waals surface area contributed by atoms with Gasteiger partial charge in [-0.25, -0.2) is 14.4 Å². The molecule has 0 amide bonds. The van der Waals surface area contributed by atoms with E-state index in [4.69, 9.17) is 4.74 Å². The lowest BCUT2D eigenvalue weighted by Crippen LogP contribution is -2.04. The molecule has 0 saturated carbocycles. The second-order valence-corrected chi connectivity index (χ2v) is 4.10. The van der Waals surface area contributed by atoms with Crippen molar-refractivity contribution in [2.45, 2.75) is 13.8 Å². The first kappa shape index (κ1) is 13.3. The molecule has 100 valence electrons. The number of hydrogen-bond acceptors (Lipinski definition) is 4. The number of rotatable bonds is 4. The Balaban J connectivity index is 2.48. The number of nitrogens with one attached hydrogen (secondary N) is 1. The van der Waals surface area contributed by atoms with Crippen LogP contribution < -0.4 is 10.1 Å². The number of aromatic nitrogens is 2. The number of hydrogen-bond donors (Lipinski definition) is 1. The predicted molar refractivity (Wildman–Crippen MR) is 72.9 cm³/mol. The van der Waals surface area contributed by atoms with Gasteiger partial charge in [0.25, 0.3) is 0 Å². The highest BCUT2D eigenvalue weighted by molar-refractivity contribution is 5.66. The lowest BCUT2D eigenvalue weighted by atomic mass is 10.0. The topological polar surface area (TPSA) is 47.0 Å². The molecule has 1 aromatic heterocycles. The maximum absolute atomic E-state index is 13.9. The highest BCUT2D eigenvalue weighted by atomic mass is 19.1. The molecule has 0 saturated heterocycles. The van der Waals surface area contributed by atoms with Crippen LogP contribution in [0, 0.1) is 12.7 Å². The second-order valence-electron chi connectivity index (χ2n) is 4.10. The zero-order valence-electron chi connectivity index (χ0n) is 11.2. The van der Waals surface area contributed by atoms with Gasteiger partial charge in [0.05, 0.1) is 13.3 Å². The summed E-state index contributed by atoms with van der Waals surface area (Å²) < 4.78 is 19.0. The quantitative estimate of drug-likeness (QED) is 0.919. The average molecular weight is 261 g/mol. The molecule has 0 atom stereocenters. The first-order chi connectivity index (χ1) is 9.15. The Morgan fingerprint density at radius 3 is 2.79 bits per heavy atom. The van der Waals surface area contributed by atoms with E-state index in [1.54, 1.807) is 19.2 Å². The van der Waals surface area contributed by atoms with Crippen LogP contribution in [0.4, 0.5) is 10.3 Å². The van der Waals surface area contributed by atoms with Crippen LogP contribution in [0.3, 0.4) is 0 Å². The lowest BCUT2D eigenvalue weighted by molar-refractivity contribution is 0.414. The molecule has 0 aliphatic carbocycles. The van der Waals surface area contributed by atoms with Crippen LogP contribution >= 0.6 is 0 Å². The van der Waals surface area contributed by atoms with Crippen LogP contribution in [0.2, 0.25) is 0 Å². The summed E-state index contributed by atoms with van der Waals surface area (Å²) in [6, 6.07) is 5.44. The van der Waals surface area contributed by atoms with E-state index < -0.39 is 5.82 Å². The van der Waals surface area contributed by atoms with E-state index in [-0.39, 0.29) is 0 Å². The van der Waals surface area contributed by atoms with Crippen molar-refractivity contribution in [3.05, 3.63) is 35.8 Å². The Hall–Kier alpha value is -2.17. The van der Waals surface area contributed by atoms with E-state index in [1.165, 1.54) is 6.20 Å². The summed E-state index contributed by atoms with van der Waals surface area (Å²) in [7, 11) is 1.60. The van der Waals surface area contributed by atoms with Gasteiger partial charge in [-0.2, -0.15) is 0 Å². The molecule has 0 unspecified atom stereocenters. The minimum atomic E-state index is -0.435. The first-order valence-corrected chi connectivity index (χ1v) is 6.07. The average Bonchev–Trinajstić information content (AvgIpc) is 2.41. The van der Waals surface area contributed by atoms with Crippen molar-refractivity contribution >= 4 is 5.95 Å². The SMILES string of the molecule is CCNc1ncc(F)c(-c2ccc(OC)cc2C)n1. The van der Waals surface area contributed by atoms with Crippen LogP contribution in [-0.2, 0) is 0 Å². The molecule has 5 heteroatoms. The number of anilines is 1. The maximum Gasteiger partial charge on any atom is 0.223 e. The molecule has 1 N–H and O–H groups in total. The Kier molecular flexibility index (Phi) is 3.94. The minimum Gasteiger partial charge on any atom is -0.497 e. The predicted octanol–water partition coefficient (Wildman–Crippen LogP) is 3.03. The van der Waals surface area contributed by atoms with E-state index in [1.807, 2.05) is 19.9 Å². The van der Waals surface area contributed by atoms with Gasteiger partial charge in [0, 0.05) is 12.1 Å². The zero-order valence-corrected chi connectivity index (χ0v) is 11.2. The van der Waals surface area contributed by atoms with Crippen molar-refractivity contribution in [3.63, 3.8) is 0 Å². The monoisotopic (exact) mass is 261 g/mol. The molecule has 0 bridgehead atoms. The number of aryl methyl sites for hydroxylation is 1. The van der Waals surface area contributed by atoms with E-state index in [0.717, 1.165) is 16.9 Å². The molecule has 0 radical (unpaired) electrons. The van der Waals surface area contributed by atoms with Gasteiger partial charge < -0.3 is 10.1 Å². The minimum absolute atomic E-state index is 0.297. The number of ether oxygens (including phenoxy) is 1. The van der Waals surface area contributed by atoms with Gasteiger partial charge in [0.2, 0.25) is 5.95 Å². The standard InChI is InChI=1S/C14H16FN3O/c1-4-16-14-17-8-12(15)13(18-14)11-6-5-10(19-3)7-9(11)2/h5-8H,4H2,1-3H3,(H,16,17,18). The van der Waals surface area contributed by atoms with Crippen molar-refractivity contribution in [1.29, 1.82) is 0 Å². The molecule has 0 fully saturated rings. The normalized spacial score (nSPS) is 10.3. The Morgan fingerprint density at radius 1 is 1.37 bits per heavy atom. The molecule has 4 nitrogen and oxygen atoms in total. The van der Waals surface area contributed by atoms with Gasteiger partial charge in [-0.05, 0) is 37.6 Å². The fraction of sp³-hybridized carbons (Fsp3) is 0.286. The Bertz CT molecular complexity index is 587. The van der Waals surface area contributed by atoms with Gasteiger partial charge in [-0.3, -0.25) is 0 Å². The van der Waals surface area contributed by atoms with Gasteiger partial charge >= 0.3 is 0 Å². The lowest BCUT2D eigenvalue weighted by Gasteiger charge is -2.10. The van der Waals surface area contributed by atoms with Gasteiger partial charge in [0.1, 0.15) is 11.4 Å². The van der Waals surface area contributed by atoms with Crippen LogP contribution in [0.25, 0.3) is 11.3 Å². The summed E-state index contributed by atoms with van der Waals surface area (Å²) in [5.41, 5.74) is 1.94. The van der Waals surface area contributed by atoms with Crippen molar-refractivity contribution < 1.29 is 9.13 Å². The molecular formula is C14H16FN3O. The molecule has 2 aromatic rings. The third-order valence-corrected chi connectivity index (χ3v) is 2.77. The molecule has 0 aliphatic rings. The molecular weight excluding hydrogens is 245 g/mol. The van der Waals surface area contributed by atoms with Crippen molar-refractivity contribution in [1.82, 2.24) is 9.97 Å². The highest BCUT2D eigenvalue weighted by Crippen LogP contribution is 2.27. The van der Waals surface area contributed by atoms with E-state index in [0.29, 0.717) is 18.2 Å². The Morgan fingerprint density at radius 2 is 2.16 bits per heavy atom.